The summed E-state index contributed by atoms with van der Waals surface area (Å²) < 4.78 is 0. The van der Waals surface area contributed by atoms with Gasteiger partial charge in [-0.05, 0) is 12.8 Å². The Hall–Kier alpha value is -1.25. The summed E-state index contributed by atoms with van der Waals surface area (Å²) in [6, 6.07) is 1.24. The van der Waals surface area contributed by atoms with E-state index in [2.05, 4.69) is 4.98 Å². The lowest BCUT2D eigenvalue weighted by Gasteiger charge is -2.07. The van der Waals surface area contributed by atoms with E-state index in [-0.39, 0.29) is 11.3 Å². The summed E-state index contributed by atoms with van der Waals surface area (Å²) in [5.74, 6) is 0.127. The quantitative estimate of drug-likeness (QED) is 0.744. The third-order valence-electron chi connectivity index (χ3n) is 2.07. The number of aromatic hydroxyl groups is 1. The van der Waals surface area contributed by atoms with Crippen molar-refractivity contribution in [3.63, 3.8) is 0 Å². The molecular formula is C10H15NO2. The standard InChI is InChI=1S/C10H15NO2/c1-3-5-7-8(4-2)11-10(13)6-9(7)12/h6H,3-5H2,1-2H3,(H2,11,12,13). The molecule has 0 fully saturated rings. The van der Waals surface area contributed by atoms with Gasteiger partial charge < -0.3 is 10.1 Å². The maximum atomic E-state index is 11.0. The van der Waals surface area contributed by atoms with Crippen LogP contribution < -0.4 is 5.56 Å². The molecule has 0 saturated carbocycles. The molecule has 72 valence electrons. The zero-order valence-electron chi connectivity index (χ0n) is 8.05. The number of hydrogen-bond acceptors (Lipinski definition) is 2. The normalized spacial score (nSPS) is 10.3. The van der Waals surface area contributed by atoms with E-state index in [1.54, 1.807) is 0 Å². The molecule has 2 N–H and O–H groups in total. The van der Waals surface area contributed by atoms with Gasteiger partial charge in [-0.2, -0.15) is 0 Å². The molecule has 0 atom stereocenters. The fraction of sp³-hybridized carbons (Fsp3) is 0.500. The van der Waals surface area contributed by atoms with Crippen molar-refractivity contribution in [3.05, 3.63) is 27.7 Å². The lowest BCUT2D eigenvalue weighted by molar-refractivity contribution is 0.464. The number of hydrogen-bond donors (Lipinski definition) is 2. The molecule has 0 amide bonds. The summed E-state index contributed by atoms with van der Waals surface area (Å²) in [6.07, 6.45) is 2.53. The molecule has 0 aliphatic carbocycles. The van der Waals surface area contributed by atoms with Crippen molar-refractivity contribution < 1.29 is 5.11 Å². The summed E-state index contributed by atoms with van der Waals surface area (Å²) in [5, 5.41) is 9.51. The lowest BCUT2D eigenvalue weighted by atomic mass is 10.1. The zero-order valence-corrected chi connectivity index (χ0v) is 8.05. The van der Waals surface area contributed by atoms with Gasteiger partial charge in [0.2, 0.25) is 0 Å². The first-order chi connectivity index (χ1) is 6.19. The highest BCUT2D eigenvalue weighted by molar-refractivity contribution is 5.34. The molecule has 1 heterocycles. The van der Waals surface area contributed by atoms with Crippen molar-refractivity contribution in [3.8, 4) is 5.75 Å². The Balaban J connectivity index is 3.21. The second-order valence-corrected chi connectivity index (χ2v) is 3.08. The predicted molar refractivity (Wildman–Crippen MR) is 52.1 cm³/mol. The van der Waals surface area contributed by atoms with E-state index in [0.717, 1.165) is 30.5 Å². The van der Waals surface area contributed by atoms with Crippen molar-refractivity contribution in [1.29, 1.82) is 0 Å². The Labute approximate surface area is 77.4 Å². The fourth-order valence-electron chi connectivity index (χ4n) is 1.46. The monoisotopic (exact) mass is 181 g/mol. The second kappa shape index (κ2) is 4.12. The lowest BCUT2D eigenvalue weighted by Crippen LogP contribution is -2.10. The van der Waals surface area contributed by atoms with Crippen LogP contribution in [0.2, 0.25) is 0 Å². The number of pyridine rings is 1. The highest BCUT2D eigenvalue weighted by Crippen LogP contribution is 2.19. The summed E-state index contributed by atoms with van der Waals surface area (Å²) >= 11 is 0. The smallest absolute Gasteiger partial charge is 0.251 e. The maximum absolute atomic E-state index is 11.0. The van der Waals surface area contributed by atoms with Gasteiger partial charge in [-0.1, -0.05) is 20.3 Å². The highest BCUT2D eigenvalue weighted by Gasteiger charge is 2.06. The van der Waals surface area contributed by atoms with E-state index in [9.17, 15) is 9.90 Å². The Morgan fingerprint density at radius 3 is 2.69 bits per heavy atom. The van der Waals surface area contributed by atoms with Crippen molar-refractivity contribution in [1.82, 2.24) is 4.98 Å². The van der Waals surface area contributed by atoms with Crippen LogP contribution in [0.25, 0.3) is 0 Å². The van der Waals surface area contributed by atoms with Crippen LogP contribution in [0, 0.1) is 0 Å². The van der Waals surface area contributed by atoms with E-state index in [0.29, 0.717) is 0 Å². The van der Waals surface area contributed by atoms with Crippen LogP contribution in [0.1, 0.15) is 31.5 Å². The van der Waals surface area contributed by atoms with Crippen molar-refractivity contribution in [2.45, 2.75) is 33.1 Å². The van der Waals surface area contributed by atoms with Gasteiger partial charge in [0.05, 0.1) is 0 Å². The van der Waals surface area contributed by atoms with E-state index in [1.165, 1.54) is 6.07 Å². The fourth-order valence-corrected chi connectivity index (χ4v) is 1.46. The predicted octanol–water partition coefficient (Wildman–Crippen LogP) is 1.60. The molecule has 0 spiro atoms. The third kappa shape index (κ3) is 2.11. The molecule has 3 heteroatoms. The first-order valence-electron chi connectivity index (χ1n) is 4.63. The van der Waals surface area contributed by atoms with Crippen molar-refractivity contribution in [2.24, 2.45) is 0 Å². The van der Waals surface area contributed by atoms with E-state index < -0.39 is 0 Å². The van der Waals surface area contributed by atoms with E-state index >= 15 is 0 Å². The first-order valence-corrected chi connectivity index (χ1v) is 4.63. The first kappa shape index (κ1) is 9.84. The third-order valence-corrected chi connectivity index (χ3v) is 2.07. The van der Waals surface area contributed by atoms with E-state index in [4.69, 9.17) is 0 Å². The van der Waals surface area contributed by atoms with Crippen LogP contribution in [-0.4, -0.2) is 10.1 Å². The zero-order chi connectivity index (χ0) is 9.84. The average molecular weight is 181 g/mol. The SMILES string of the molecule is CCCc1c(O)cc(=O)[nH]c1CC. The van der Waals surface area contributed by atoms with Gasteiger partial charge >= 0.3 is 0 Å². The summed E-state index contributed by atoms with van der Waals surface area (Å²) in [6.45, 7) is 4.01. The van der Waals surface area contributed by atoms with Gasteiger partial charge in [0, 0.05) is 17.3 Å². The Kier molecular flexibility index (Phi) is 3.12. The minimum Gasteiger partial charge on any atom is -0.507 e. The van der Waals surface area contributed by atoms with E-state index in [1.807, 2.05) is 13.8 Å². The molecule has 0 bridgehead atoms. The minimum atomic E-state index is -0.228. The molecule has 0 saturated heterocycles. The molecule has 0 aliphatic heterocycles. The van der Waals surface area contributed by atoms with Crippen LogP contribution in [0.15, 0.2) is 10.9 Å². The molecule has 1 rings (SSSR count). The van der Waals surface area contributed by atoms with Gasteiger partial charge in [0.15, 0.2) is 0 Å². The number of H-pyrrole nitrogens is 1. The molecule has 0 radical (unpaired) electrons. The van der Waals surface area contributed by atoms with Gasteiger partial charge in [-0.25, -0.2) is 0 Å². The molecule has 0 aliphatic rings. The second-order valence-electron chi connectivity index (χ2n) is 3.08. The Bertz CT molecular complexity index is 341. The van der Waals surface area contributed by atoms with Gasteiger partial charge in [-0.3, -0.25) is 4.79 Å². The molecule has 0 unspecified atom stereocenters. The summed E-state index contributed by atoms with van der Waals surface area (Å²) in [4.78, 5) is 13.7. The minimum absolute atomic E-state index is 0.127. The van der Waals surface area contributed by atoms with Crippen molar-refractivity contribution in [2.75, 3.05) is 0 Å². The number of aromatic amines is 1. The number of aromatic nitrogens is 1. The molecule has 1 aromatic heterocycles. The number of rotatable bonds is 3. The molecular weight excluding hydrogens is 166 g/mol. The van der Waals surface area contributed by atoms with Gasteiger partial charge in [0.25, 0.3) is 5.56 Å². The topological polar surface area (TPSA) is 53.1 Å². The van der Waals surface area contributed by atoms with Crippen LogP contribution in [0.3, 0.4) is 0 Å². The van der Waals surface area contributed by atoms with Crippen molar-refractivity contribution >= 4 is 0 Å². The Morgan fingerprint density at radius 2 is 2.15 bits per heavy atom. The van der Waals surface area contributed by atoms with Gasteiger partial charge in [-0.15, -0.1) is 0 Å². The van der Waals surface area contributed by atoms with Crippen LogP contribution in [-0.2, 0) is 12.8 Å². The van der Waals surface area contributed by atoms with Crippen LogP contribution in [0.5, 0.6) is 5.75 Å². The molecule has 13 heavy (non-hydrogen) atoms. The summed E-state index contributed by atoms with van der Waals surface area (Å²) in [5.41, 5.74) is 1.51. The number of nitrogens with one attached hydrogen (secondary N) is 1. The van der Waals surface area contributed by atoms with Gasteiger partial charge in [0.1, 0.15) is 5.75 Å². The maximum Gasteiger partial charge on any atom is 0.251 e. The summed E-state index contributed by atoms with van der Waals surface area (Å²) in [7, 11) is 0. The average Bonchev–Trinajstić information content (AvgIpc) is 2.09. The Morgan fingerprint density at radius 1 is 1.46 bits per heavy atom. The molecule has 0 aromatic carbocycles. The number of aryl methyl sites for hydroxylation is 1. The molecule has 1 aromatic rings. The van der Waals surface area contributed by atoms with Crippen LogP contribution in [0.4, 0.5) is 0 Å². The van der Waals surface area contributed by atoms with Crippen LogP contribution >= 0.6 is 0 Å². The highest BCUT2D eigenvalue weighted by atomic mass is 16.3. The molecule has 3 nitrogen and oxygen atoms in total. The largest absolute Gasteiger partial charge is 0.507 e.